The van der Waals surface area contributed by atoms with E-state index in [1.807, 2.05) is 6.07 Å². The minimum atomic E-state index is -4.60. The Morgan fingerprint density at radius 3 is 1.32 bits per heavy atom. The van der Waals surface area contributed by atoms with Gasteiger partial charge in [0.05, 0.1) is 49.6 Å². The van der Waals surface area contributed by atoms with Gasteiger partial charge in [-0.1, -0.05) is 59.6 Å². The molecule has 22 heteroatoms. The van der Waals surface area contributed by atoms with Crippen molar-refractivity contribution in [2.45, 2.75) is 38.0 Å². The van der Waals surface area contributed by atoms with Gasteiger partial charge in [-0.25, -0.2) is 0 Å². The van der Waals surface area contributed by atoms with E-state index in [4.69, 9.17) is 71.5 Å². The molecule has 1 N–H and O–H groups in total. The molecule has 0 spiro atoms. The molecule has 0 aliphatic carbocycles. The van der Waals surface area contributed by atoms with E-state index in [1.165, 1.54) is 12.1 Å². The van der Waals surface area contributed by atoms with Crippen molar-refractivity contribution in [3.63, 3.8) is 0 Å². The molecule has 0 saturated heterocycles. The zero-order valence-corrected chi connectivity index (χ0v) is 43.2. The molecule has 0 unspecified atom stereocenters. The number of carbonyl (C=O) groups is 2. The minimum absolute atomic E-state index is 0.0343. The van der Waals surface area contributed by atoms with Crippen molar-refractivity contribution in [1.82, 2.24) is 9.97 Å². The van der Waals surface area contributed by atoms with Gasteiger partial charge in [-0.3, -0.25) is 19.6 Å². The van der Waals surface area contributed by atoms with E-state index in [1.54, 1.807) is 85.2 Å². The number of aromatic nitrogens is 2. The highest BCUT2D eigenvalue weighted by Crippen LogP contribution is 2.50. The second kappa shape index (κ2) is 24.7. The van der Waals surface area contributed by atoms with Gasteiger partial charge in [-0.15, -0.1) is 0 Å². The number of alkyl halides is 6. The summed E-state index contributed by atoms with van der Waals surface area (Å²) in [5.41, 5.74) is 0.982. The summed E-state index contributed by atoms with van der Waals surface area (Å²) in [5, 5.41) is 18.4. The third-order valence-corrected chi connectivity index (χ3v) is 12.8. The number of pyridine rings is 2. The van der Waals surface area contributed by atoms with E-state index < -0.39 is 33.5 Å². The van der Waals surface area contributed by atoms with Crippen LogP contribution in [0.15, 0.2) is 122 Å². The lowest BCUT2D eigenvalue weighted by molar-refractivity contribution is -0.138. The van der Waals surface area contributed by atoms with E-state index in [9.17, 15) is 35.9 Å². The summed E-state index contributed by atoms with van der Waals surface area (Å²) >= 11 is 11.3. The quantitative estimate of drug-likeness (QED) is 0.0852. The van der Waals surface area contributed by atoms with Gasteiger partial charge in [0.25, 0.3) is 0 Å². The molecule has 2 aliphatic heterocycles. The molecule has 0 amide bonds. The molecule has 8 aromatic rings. The maximum atomic E-state index is 13.1. The Morgan fingerprint density at radius 2 is 0.925 bits per heavy atom. The number of ether oxygens (including phenoxy) is 8. The molecule has 412 valence electrons. The topological polar surface area (TPSA) is 178 Å². The molecular weight excluding hydrogens is 1100 g/mol. The second-order valence-electron chi connectivity index (χ2n) is 17.8. The van der Waals surface area contributed by atoms with Crippen LogP contribution >= 0.6 is 23.2 Å². The average molecular weight is 1140 g/mol. The minimum Gasteiger partial charge on any atom is -0.487 e. The Kier molecular flexibility index (Phi) is 17.3. The number of rotatable bonds is 17. The first-order chi connectivity index (χ1) is 38.4. The molecular formula is C58H43Cl2F6N3O11. The summed E-state index contributed by atoms with van der Waals surface area (Å²) in [6, 6.07) is 29.2. The molecule has 0 atom stereocenters. The third kappa shape index (κ3) is 13.5. The van der Waals surface area contributed by atoms with Gasteiger partial charge < -0.3 is 43.0 Å². The molecule has 80 heavy (non-hydrogen) atoms. The molecule has 6 aromatic carbocycles. The van der Waals surface area contributed by atoms with Crippen LogP contribution in [0.4, 0.5) is 26.3 Å². The van der Waals surface area contributed by atoms with Gasteiger partial charge in [0.1, 0.15) is 73.7 Å². The maximum absolute atomic E-state index is 13.1. The van der Waals surface area contributed by atoms with Crippen LogP contribution in [0.3, 0.4) is 0 Å². The number of fused-ring (bicyclic) bond motifs is 6. The van der Waals surface area contributed by atoms with E-state index >= 15 is 0 Å². The molecule has 10 rings (SSSR count). The molecule has 14 nitrogen and oxygen atoms in total. The van der Waals surface area contributed by atoms with E-state index in [2.05, 4.69) is 9.97 Å². The van der Waals surface area contributed by atoms with Crippen LogP contribution in [0.2, 0.25) is 10.0 Å². The smallest absolute Gasteiger partial charge is 0.417 e. The van der Waals surface area contributed by atoms with Crippen LogP contribution in [0.1, 0.15) is 33.4 Å². The molecule has 0 fully saturated rings. The van der Waals surface area contributed by atoms with Crippen molar-refractivity contribution < 1.29 is 78.9 Å². The van der Waals surface area contributed by atoms with E-state index in [0.717, 1.165) is 24.3 Å². The number of ketones is 2. The molecule has 4 heterocycles. The summed E-state index contributed by atoms with van der Waals surface area (Å²) < 4.78 is 125. The van der Waals surface area contributed by atoms with Crippen LogP contribution in [0.25, 0.3) is 21.8 Å². The number of halogens is 8. The van der Waals surface area contributed by atoms with Crippen molar-refractivity contribution in [1.29, 1.82) is 5.26 Å². The number of nitrogens with zero attached hydrogens (tertiary/aromatic N) is 3. The second-order valence-corrected chi connectivity index (χ2v) is 18.6. The van der Waals surface area contributed by atoms with Crippen LogP contribution in [0, 0.1) is 11.3 Å². The maximum Gasteiger partial charge on any atom is 0.417 e. The molecule has 2 aromatic heterocycles. The fourth-order valence-electron chi connectivity index (χ4n) is 8.64. The first kappa shape index (κ1) is 56.2. The lowest BCUT2D eigenvalue weighted by Gasteiger charge is -2.23. The van der Waals surface area contributed by atoms with Crippen molar-refractivity contribution in [3.8, 4) is 63.6 Å². The van der Waals surface area contributed by atoms with Gasteiger partial charge in [0.2, 0.25) is 11.5 Å². The standard InChI is InChI=1S/C29H20ClF3N2O5.C29H23ClF3NO6/c30-22-6-3-18(15-21(22)29(31,32)33)14-19(36)13-17-1-4-20(5-2-17)40-24-7-9-35-23-16-25(37-10-8-34)27-28(26(23)24)39-12-11-38-27;30-22-6-3-18(15-21(22)29(31,32)33)14-19(36)13-17-1-4-20(5-2-17)40-24-7-8-34-23-16-25(37-10-9-35)27-28(26(23)24)39-12-11-38-27/h1-7,9,15-16H,10-14H2;1-8,15-16,35H,9-14H2. The zero-order valence-electron chi connectivity index (χ0n) is 41.7. The highest BCUT2D eigenvalue weighted by atomic mass is 35.5. The number of nitriles is 1. The predicted octanol–water partition coefficient (Wildman–Crippen LogP) is 12.9. The summed E-state index contributed by atoms with van der Waals surface area (Å²) in [6.07, 6.45) is -6.29. The number of benzene rings is 6. The van der Waals surface area contributed by atoms with E-state index in [0.29, 0.717) is 117 Å². The Bertz CT molecular complexity index is 3630. The molecule has 0 saturated carbocycles. The van der Waals surface area contributed by atoms with Gasteiger partial charge in [0, 0.05) is 50.2 Å². The number of aliphatic hydroxyl groups excluding tert-OH is 1. The summed E-state index contributed by atoms with van der Waals surface area (Å²) in [6.45, 7) is 1.06. The fraction of sp³-hybridized carbons (Fsp3) is 0.224. The Morgan fingerprint density at radius 1 is 0.537 bits per heavy atom. The first-order valence-electron chi connectivity index (χ1n) is 24.4. The SMILES string of the molecule is N#CCOc1cc2nccc(Oc3ccc(CC(=O)Cc4ccc(Cl)c(C(F)(F)F)c4)cc3)c2c2c1OCCO2.O=C(Cc1ccc(Oc2ccnc3cc(OCCO)c4c(c23)OCCO4)cc1)Cc1ccc(Cl)c(C(F)(F)F)c1. The van der Waals surface area contributed by atoms with Gasteiger partial charge in [-0.05, 0) is 82.9 Å². The van der Waals surface area contributed by atoms with Crippen LogP contribution in [-0.4, -0.2) is 72.9 Å². The van der Waals surface area contributed by atoms with E-state index in [-0.39, 0.29) is 68.2 Å². The number of hydrogen-bond acceptors (Lipinski definition) is 14. The molecule has 0 radical (unpaired) electrons. The zero-order chi connectivity index (χ0) is 56.6. The van der Waals surface area contributed by atoms with Crippen molar-refractivity contribution in [3.05, 3.63) is 165 Å². The average Bonchev–Trinajstić information content (AvgIpc) is 3.45. The highest BCUT2D eigenvalue weighted by molar-refractivity contribution is 6.31. The van der Waals surface area contributed by atoms with Gasteiger partial charge in [0.15, 0.2) is 29.6 Å². The van der Waals surface area contributed by atoms with Crippen LogP contribution in [0.5, 0.6) is 57.5 Å². The fourth-order valence-corrected chi connectivity index (χ4v) is 9.09. The number of aliphatic hydroxyl groups is 1. The summed E-state index contributed by atoms with van der Waals surface area (Å²) in [7, 11) is 0. The number of hydrogen-bond donors (Lipinski definition) is 1. The third-order valence-electron chi connectivity index (χ3n) is 12.1. The summed E-state index contributed by atoms with van der Waals surface area (Å²) in [4.78, 5) is 33.9. The molecule has 0 bridgehead atoms. The largest absolute Gasteiger partial charge is 0.487 e. The van der Waals surface area contributed by atoms with Gasteiger partial charge >= 0.3 is 12.4 Å². The number of Topliss-reactive ketones (excluding diaryl/α,β-unsaturated/α-hetero) is 2. The number of carbonyl (C=O) groups excluding carboxylic acids is 2. The van der Waals surface area contributed by atoms with Gasteiger partial charge in [-0.2, -0.15) is 31.6 Å². The van der Waals surface area contributed by atoms with Crippen molar-refractivity contribution in [2.75, 3.05) is 46.2 Å². The predicted molar refractivity (Wildman–Crippen MR) is 280 cm³/mol. The Hall–Kier alpha value is -8.51. The Labute approximate surface area is 461 Å². The lowest BCUT2D eigenvalue weighted by Crippen LogP contribution is -2.17. The summed E-state index contributed by atoms with van der Waals surface area (Å²) in [5.74, 6) is 3.74. The monoisotopic (exact) mass is 1140 g/mol. The van der Waals surface area contributed by atoms with Crippen LogP contribution in [-0.2, 0) is 47.6 Å². The first-order valence-corrected chi connectivity index (χ1v) is 25.2. The van der Waals surface area contributed by atoms with Crippen LogP contribution < -0.4 is 37.9 Å². The lowest BCUT2D eigenvalue weighted by atomic mass is 10.0. The van der Waals surface area contributed by atoms with Crippen molar-refractivity contribution >= 4 is 56.6 Å². The normalized spacial score (nSPS) is 12.7. The van der Waals surface area contributed by atoms with Crippen molar-refractivity contribution in [2.24, 2.45) is 0 Å². The Balaban J connectivity index is 0.000000194. The highest BCUT2D eigenvalue weighted by Gasteiger charge is 2.35. The molecule has 2 aliphatic rings.